The predicted molar refractivity (Wildman–Crippen MR) is 74.5 cm³/mol. The van der Waals surface area contributed by atoms with Gasteiger partial charge < -0.3 is 4.74 Å². The third-order valence-electron chi connectivity index (χ3n) is 2.14. The van der Waals surface area contributed by atoms with Crippen molar-refractivity contribution in [3.05, 3.63) is 35.9 Å². The van der Waals surface area contributed by atoms with Crippen LogP contribution in [0.5, 0.6) is 0 Å². The second-order valence-corrected chi connectivity index (χ2v) is 5.35. The number of alkyl halides is 1. The first-order chi connectivity index (χ1) is 8.47. The number of carbonyl (C=O) groups is 1. The Morgan fingerprint density at radius 1 is 1.44 bits per heavy atom. The van der Waals surface area contributed by atoms with Gasteiger partial charge >= 0.3 is 6.09 Å². The van der Waals surface area contributed by atoms with Gasteiger partial charge in [-0.15, -0.1) is 9.24 Å². The van der Waals surface area contributed by atoms with Crippen molar-refractivity contribution < 1.29 is 13.9 Å². The number of nitrogens with one attached hydrogen (secondary N) is 2. The third-order valence-corrected chi connectivity index (χ3v) is 2.43. The van der Waals surface area contributed by atoms with E-state index in [2.05, 4.69) is 20.1 Å². The maximum Gasteiger partial charge on any atom is 0.421 e. The van der Waals surface area contributed by atoms with E-state index in [4.69, 9.17) is 4.74 Å². The first-order valence-electron chi connectivity index (χ1n) is 5.65. The summed E-state index contributed by atoms with van der Waals surface area (Å²) in [5.74, 6) is 0. The Hall–Kier alpha value is -1.13. The SMILES string of the molecule is BC(F)(P)CCNNC(=O)OCc1ccccc1. The van der Waals surface area contributed by atoms with Gasteiger partial charge in [0.2, 0.25) is 0 Å². The molecule has 98 valence electrons. The van der Waals surface area contributed by atoms with Gasteiger partial charge in [0.25, 0.3) is 0 Å². The van der Waals surface area contributed by atoms with Gasteiger partial charge in [0.05, 0.1) is 5.31 Å². The molecule has 1 amide bonds. The van der Waals surface area contributed by atoms with Crippen LogP contribution in [0.4, 0.5) is 9.18 Å². The normalized spacial score (nSPS) is 13.7. The standard InChI is InChI=1S/C11H17BFN2O2P/c12-11(13,18)6-7-14-15-10(16)17-8-9-4-2-1-3-5-9/h1-5,14H,6-8,12,18H2,(H,15,16). The zero-order valence-electron chi connectivity index (χ0n) is 10.3. The van der Waals surface area contributed by atoms with Crippen LogP contribution in [0.15, 0.2) is 30.3 Å². The quantitative estimate of drug-likeness (QED) is 0.350. The van der Waals surface area contributed by atoms with Crippen LogP contribution in [-0.2, 0) is 11.3 Å². The Morgan fingerprint density at radius 3 is 2.72 bits per heavy atom. The number of hydrogen-bond acceptors (Lipinski definition) is 3. The highest BCUT2D eigenvalue weighted by Crippen LogP contribution is 2.18. The fourth-order valence-electron chi connectivity index (χ4n) is 1.20. The van der Waals surface area contributed by atoms with Crippen molar-refractivity contribution in [1.82, 2.24) is 10.9 Å². The molecule has 0 aliphatic heterocycles. The summed E-state index contributed by atoms with van der Waals surface area (Å²) in [5.41, 5.74) is 5.85. The van der Waals surface area contributed by atoms with E-state index < -0.39 is 11.4 Å². The lowest BCUT2D eigenvalue weighted by molar-refractivity contribution is 0.134. The van der Waals surface area contributed by atoms with Crippen LogP contribution in [0.25, 0.3) is 0 Å². The molecule has 0 aliphatic carbocycles. The van der Waals surface area contributed by atoms with Crippen molar-refractivity contribution in [3.63, 3.8) is 0 Å². The number of amides is 1. The molecule has 2 unspecified atom stereocenters. The number of rotatable bonds is 6. The molecule has 0 spiro atoms. The lowest BCUT2D eigenvalue weighted by atomic mass is 9.98. The van der Waals surface area contributed by atoms with Crippen LogP contribution in [0.1, 0.15) is 12.0 Å². The van der Waals surface area contributed by atoms with Crippen molar-refractivity contribution in [3.8, 4) is 0 Å². The summed E-state index contributed by atoms with van der Waals surface area (Å²) in [6.07, 6.45) is -0.306. The van der Waals surface area contributed by atoms with E-state index in [-0.39, 0.29) is 13.0 Å². The maximum atomic E-state index is 13.1. The highest BCUT2D eigenvalue weighted by Gasteiger charge is 2.14. The minimum Gasteiger partial charge on any atom is -0.444 e. The molecule has 18 heavy (non-hydrogen) atoms. The smallest absolute Gasteiger partial charge is 0.421 e. The minimum absolute atomic E-state index is 0.207. The van der Waals surface area contributed by atoms with Crippen LogP contribution >= 0.6 is 9.24 Å². The fourth-order valence-corrected chi connectivity index (χ4v) is 1.35. The van der Waals surface area contributed by atoms with Crippen LogP contribution in [0.3, 0.4) is 0 Å². The molecule has 0 saturated carbocycles. The Bertz CT molecular complexity index is 373. The molecular formula is C11H17BFN2O2P. The van der Waals surface area contributed by atoms with Gasteiger partial charge in [0.15, 0.2) is 7.85 Å². The van der Waals surface area contributed by atoms with Crippen molar-refractivity contribution in [1.29, 1.82) is 0 Å². The summed E-state index contributed by atoms with van der Waals surface area (Å²) >= 11 is 0. The van der Waals surface area contributed by atoms with Crippen molar-refractivity contribution in [2.24, 2.45) is 0 Å². The van der Waals surface area contributed by atoms with Crippen LogP contribution in [0, 0.1) is 0 Å². The Labute approximate surface area is 109 Å². The first kappa shape index (κ1) is 14.9. The molecule has 0 heterocycles. The average Bonchev–Trinajstić information content (AvgIpc) is 2.32. The van der Waals surface area contributed by atoms with Gasteiger partial charge in [-0.1, -0.05) is 30.3 Å². The molecule has 0 bridgehead atoms. The zero-order valence-corrected chi connectivity index (χ0v) is 11.4. The number of hydrogen-bond donors (Lipinski definition) is 2. The van der Waals surface area contributed by atoms with E-state index in [1.807, 2.05) is 30.3 Å². The Kier molecular flexibility index (Phi) is 6.09. The van der Waals surface area contributed by atoms with E-state index in [9.17, 15) is 9.18 Å². The van der Waals surface area contributed by atoms with Gasteiger partial charge in [0.1, 0.15) is 6.61 Å². The number of hydrazine groups is 1. The fraction of sp³-hybridized carbons (Fsp3) is 0.364. The molecule has 0 radical (unpaired) electrons. The molecule has 0 aliphatic rings. The van der Waals surface area contributed by atoms with Gasteiger partial charge in [-0.05, 0) is 12.0 Å². The lowest BCUT2D eigenvalue weighted by Crippen LogP contribution is -2.39. The van der Waals surface area contributed by atoms with E-state index in [0.717, 1.165) is 5.56 Å². The van der Waals surface area contributed by atoms with Crippen LogP contribution < -0.4 is 10.9 Å². The molecule has 2 atom stereocenters. The summed E-state index contributed by atoms with van der Waals surface area (Å²) in [6, 6.07) is 9.36. The largest absolute Gasteiger partial charge is 0.444 e. The summed E-state index contributed by atoms with van der Waals surface area (Å²) in [7, 11) is 3.55. The second-order valence-electron chi connectivity index (χ2n) is 4.14. The van der Waals surface area contributed by atoms with E-state index in [0.29, 0.717) is 6.54 Å². The van der Waals surface area contributed by atoms with E-state index >= 15 is 0 Å². The predicted octanol–water partition coefficient (Wildman–Crippen LogP) is 0.939. The molecule has 1 rings (SSSR count). The van der Waals surface area contributed by atoms with Crippen LogP contribution in [0.2, 0.25) is 0 Å². The summed E-state index contributed by atoms with van der Waals surface area (Å²) < 4.78 is 18.0. The summed E-state index contributed by atoms with van der Waals surface area (Å²) in [6.45, 7) is 0.537. The summed E-state index contributed by atoms with van der Waals surface area (Å²) in [4.78, 5) is 11.2. The number of ether oxygens (including phenoxy) is 1. The molecule has 2 N–H and O–H groups in total. The van der Waals surface area contributed by atoms with E-state index in [1.54, 1.807) is 0 Å². The minimum atomic E-state index is -1.33. The first-order valence-corrected chi connectivity index (χ1v) is 6.22. The number of benzene rings is 1. The monoisotopic (exact) mass is 270 g/mol. The Morgan fingerprint density at radius 2 is 2.11 bits per heavy atom. The highest BCUT2D eigenvalue weighted by atomic mass is 31.0. The van der Waals surface area contributed by atoms with Gasteiger partial charge in [0, 0.05) is 6.54 Å². The maximum absolute atomic E-state index is 13.1. The average molecular weight is 270 g/mol. The molecule has 4 nitrogen and oxygen atoms in total. The molecule has 0 fully saturated rings. The number of carbonyl (C=O) groups excluding carboxylic acids is 1. The van der Waals surface area contributed by atoms with Crippen molar-refractivity contribution in [2.75, 3.05) is 6.54 Å². The molecule has 0 saturated heterocycles. The molecule has 0 aromatic heterocycles. The third kappa shape index (κ3) is 7.25. The van der Waals surface area contributed by atoms with Gasteiger partial charge in [-0.3, -0.25) is 5.43 Å². The molecular weight excluding hydrogens is 253 g/mol. The van der Waals surface area contributed by atoms with Gasteiger partial charge in [-0.2, -0.15) is 0 Å². The van der Waals surface area contributed by atoms with Crippen molar-refractivity contribution >= 4 is 23.2 Å². The van der Waals surface area contributed by atoms with Crippen LogP contribution in [-0.4, -0.2) is 25.8 Å². The lowest BCUT2D eigenvalue weighted by Gasteiger charge is -2.14. The molecule has 1 aromatic rings. The van der Waals surface area contributed by atoms with Crippen molar-refractivity contribution in [2.45, 2.75) is 18.3 Å². The highest BCUT2D eigenvalue weighted by molar-refractivity contribution is 7.21. The van der Waals surface area contributed by atoms with Gasteiger partial charge in [-0.25, -0.2) is 14.6 Å². The molecule has 7 heteroatoms. The molecule has 1 aromatic carbocycles. The Balaban J connectivity index is 2.11. The number of halogens is 1. The topological polar surface area (TPSA) is 50.4 Å². The second kappa shape index (κ2) is 7.34. The zero-order chi connectivity index (χ0) is 13.4. The summed E-state index contributed by atoms with van der Waals surface area (Å²) in [5, 5.41) is -1.33. The van der Waals surface area contributed by atoms with E-state index in [1.165, 1.54) is 7.85 Å².